The number of anilines is 1. The molecule has 0 atom stereocenters. The van der Waals surface area contributed by atoms with E-state index >= 15 is 0 Å². The lowest BCUT2D eigenvalue weighted by atomic mass is 10.2. The van der Waals surface area contributed by atoms with Crippen LogP contribution in [-0.4, -0.2) is 55.0 Å². The van der Waals surface area contributed by atoms with Crippen molar-refractivity contribution in [2.75, 3.05) is 38.6 Å². The standard InChI is InChI=1S/C22H27N3O3/c1-17-5-11-20(12-6-17)28-16-15-24(2)22(27)23-19-9-7-18(8-10-19)21(26)25-13-3-4-14-25/h5-12H,3-4,13-16H2,1-2H3,(H,23,27). The van der Waals surface area contributed by atoms with Crippen LogP contribution in [0.3, 0.4) is 0 Å². The highest BCUT2D eigenvalue weighted by molar-refractivity contribution is 5.95. The second-order valence-corrected chi connectivity index (χ2v) is 7.09. The molecule has 6 nitrogen and oxygen atoms in total. The molecule has 0 aromatic heterocycles. The van der Waals surface area contributed by atoms with Crippen molar-refractivity contribution < 1.29 is 14.3 Å². The highest BCUT2D eigenvalue weighted by Crippen LogP contribution is 2.16. The highest BCUT2D eigenvalue weighted by Gasteiger charge is 2.19. The maximum Gasteiger partial charge on any atom is 0.321 e. The van der Waals surface area contributed by atoms with E-state index in [-0.39, 0.29) is 11.9 Å². The molecule has 1 aliphatic rings. The zero-order valence-electron chi connectivity index (χ0n) is 16.5. The fourth-order valence-corrected chi connectivity index (χ4v) is 3.05. The van der Waals surface area contributed by atoms with Gasteiger partial charge in [0.1, 0.15) is 12.4 Å². The van der Waals surface area contributed by atoms with E-state index in [1.807, 2.05) is 36.1 Å². The van der Waals surface area contributed by atoms with Gasteiger partial charge in [-0.1, -0.05) is 17.7 Å². The Balaban J connectivity index is 1.45. The van der Waals surface area contributed by atoms with Gasteiger partial charge in [0.2, 0.25) is 0 Å². The van der Waals surface area contributed by atoms with Gasteiger partial charge in [-0.3, -0.25) is 4.79 Å². The van der Waals surface area contributed by atoms with Crippen molar-refractivity contribution in [3.05, 3.63) is 59.7 Å². The smallest absolute Gasteiger partial charge is 0.321 e. The Morgan fingerprint density at radius 2 is 1.68 bits per heavy atom. The van der Waals surface area contributed by atoms with Crippen molar-refractivity contribution in [3.63, 3.8) is 0 Å². The Labute approximate surface area is 166 Å². The van der Waals surface area contributed by atoms with E-state index in [1.54, 1.807) is 36.2 Å². The molecule has 28 heavy (non-hydrogen) atoms. The van der Waals surface area contributed by atoms with Gasteiger partial charge in [-0.05, 0) is 56.2 Å². The van der Waals surface area contributed by atoms with Gasteiger partial charge in [-0.2, -0.15) is 0 Å². The number of carbonyl (C=O) groups excluding carboxylic acids is 2. The number of nitrogens with zero attached hydrogens (tertiary/aromatic N) is 2. The van der Waals surface area contributed by atoms with Crippen molar-refractivity contribution >= 4 is 17.6 Å². The van der Waals surface area contributed by atoms with Crippen LogP contribution in [0.2, 0.25) is 0 Å². The summed E-state index contributed by atoms with van der Waals surface area (Å²) in [5.74, 6) is 0.846. The molecule has 0 aliphatic carbocycles. The quantitative estimate of drug-likeness (QED) is 0.828. The molecule has 148 valence electrons. The van der Waals surface area contributed by atoms with E-state index in [9.17, 15) is 9.59 Å². The summed E-state index contributed by atoms with van der Waals surface area (Å²) < 4.78 is 5.66. The van der Waals surface area contributed by atoms with E-state index in [0.717, 1.165) is 31.7 Å². The Morgan fingerprint density at radius 3 is 2.32 bits per heavy atom. The number of amides is 3. The number of rotatable bonds is 6. The summed E-state index contributed by atoms with van der Waals surface area (Å²) >= 11 is 0. The van der Waals surface area contributed by atoms with Gasteiger partial charge in [0.25, 0.3) is 5.91 Å². The van der Waals surface area contributed by atoms with Gasteiger partial charge in [-0.25, -0.2) is 4.79 Å². The first-order chi connectivity index (χ1) is 13.5. The summed E-state index contributed by atoms with van der Waals surface area (Å²) in [5.41, 5.74) is 2.49. The molecule has 2 aromatic rings. The monoisotopic (exact) mass is 381 g/mol. The maximum absolute atomic E-state index is 12.4. The molecule has 0 spiro atoms. The Kier molecular flexibility index (Phi) is 6.53. The van der Waals surface area contributed by atoms with Crippen LogP contribution in [0.25, 0.3) is 0 Å². The fraction of sp³-hybridized carbons (Fsp3) is 0.364. The maximum atomic E-state index is 12.4. The number of likely N-dealkylation sites (tertiary alicyclic amines) is 1. The van der Waals surface area contributed by atoms with Crippen LogP contribution < -0.4 is 10.1 Å². The zero-order chi connectivity index (χ0) is 19.9. The molecule has 3 rings (SSSR count). The van der Waals surface area contributed by atoms with Gasteiger partial charge in [0.05, 0.1) is 6.54 Å². The number of hydrogen-bond acceptors (Lipinski definition) is 3. The molecular weight excluding hydrogens is 354 g/mol. The van der Waals surface area contributed by atoms with Crippen LogP contribution in [-0.2, 0) is 0 Å². The summed E-state index contributed by atoms with van der Waals surface area (Å²) in [6, 6.07) is 14.6. The van der Waals surface area contributed by atoms with Crippen LogP contribution >= 0.6 is 0 Å². The first-order valence-corrected chi connectivity index (χ1v) is 9.64. The van der Waals surface area contributed by atoms with Crippen molar-refractivity contribution in [1.29, 1.82) is 0 Å². The van der Waals surface area contributed by atoms with Crippen molar-refractivity contribution in [1.82, 2.24) is 9.80 Å². The summed E-state index contributed by atoms with van der Waals surface area (Å²) in [6.45, 7) is 4.55. The normalized spacial score (nSPS) is 13.3. The lowest BCUT2D eigenvalue weighted by Gasteiger charge is -2.19. The van der Waals surface area contributed by atoms with Crippen molar-refractivity contribution in [2.45, 2.75) is 19.8 Å². The lowest BCUT2D eigenvalue weighted by molar-refractivity contribution is 0.0793. The zero-order valence-corrected chi connectivity index (χ0v) is 16.5. The highest BCUT2D eigenvalue weighted by atomic mass is 16.5. The summed E-state index contributed by atoms with van der Waals surface area (Å²) in [6.07, 6.45) is 2.14. The predicted octanol–water partition coefficient (Wildman–Crippen LogP) is 3.77. The van der Waals surface area contributed by atoms with Gasteiger partial charge in [0.15, 0.2) is 0 Å². The Morgan fingerprint density at radius 1 is 1.04 bits per heavy atom. The van der Waals surface area contributed by atoms with Crippen LogP contribution in [0.4, 0.5) is 10.5 Å². The molecule has 1 fully saturated rings. The lowest BCUT2D eigenvalue weighted by Crippen LogP contribution is -2.34. The van der Waals surface area contributed by atoms with Crippen LogP contribution in [0.5, 0.6) is 5.75 Å². The second kappa shape index (κ2) is 9.26. The average molecular weight is 381 g/mol. The third kappa shape index (κ3) is 5.25. The summed E-state index contributed by atoms with van der Waals surface area (Å²) in [7, 11) is 1.72. The first kappa shape index (κ1) is 19.7. The Bertz CT molecular complexity index is 797. The molecule has 2 aromatic carbocycles. The SMILES string of the molecule is Cc1ccc(OCCN(C)C(=O)Nc2ccc(C(=O)N3CCCC3)cc2)cc1. The molecule has 0 bridgehead atoms. The first-order valence-electron chi connectivity index (χ1n) is 9.64. The van der Waals surface area contributed by atoms with Gasteiger partial charge >= 0.3 is 6.03 Å². The minimum atomic E-state index is -0.217. The number of aryl methyl sites for hydroxylation is 1. The topological polar surface area (TPSA) is 61.9 Å². The number of nitrogens with one attached hydrogen (secondary N) is 1. The molecule has 0 unspecified atom stereocenters. The molecule has 1 heterocycles. The number of likely N-dealkylation sites (N-methyl/N-ethyl adjacent to an activating group) is 1. The molecule has 1 saturated heterocycles. The van der Waals surface area contributed by atoms with E-state index in [1.165, 1.54) is 5.56 Å². The third-order valence-electron chi connectivity index (χ3n) is 4.84. The predicted molar refractivity (Wildman–Crippen MR) is 110 cm³/mol. The van der Waals surface area contributed by atoms with Crippen LogP contribution in [0.15, 0.2) is 48.5 Å². The molecule has 1 aliphatic heterocycles. The van der Waals surface area contributed by atoms with Gasteiger partial charge in [-0.15, -0.1) is 0 Å². The Hall–Kier alpha value is -3.02. The average Bonchev–Trinajstić information content (AvgIpc) is 3.24. The number of ether oxygens (including phenoxy) is 1. The number of carbonyl (C=O) groups is 2. The van der Waals surface area contributed by atoms with E-state index in [2.05, 4.69) is 5.32 Å². The van der Waals surface area contributed by atoms with Crippen molar-refractivity contribution in [3.8, 4) is 5.75 Å². The molecular formula is C22H27N3O3. The van der Waals surface area contributed by atoms with Crippen LogP contribution in [0, 0.1) is 6.92 Å². The minimum Gasteiger partial charge on any atom is -0.492 e. The summed E-state index contributed by atoms with van der Waals surface area (Å²) in [4.78, 5) is 28.1. The number of urea groups is 1. The molecule has 0 saturated carbocycles. The van der Waals surface area contributed by atoms with E-state index < -0.39 is 0 Å². The van der Waals surface area contributed by atoms with E-state index in [4.69, 9.17) is 4.74 Å². The molecule has 6 heteroatoms. The van der Waals surface area contributed by atoms with Crippen molar-refractivity contribution in [2.24, 2.45) is 0 Å². The molecule has 1 N–H and O–H groups in total. The number of benzene rings is 2. The largest absolute Gasteiger partial charge is 0.492 e. The summed E-state index contributed by atoms with van der Waals surface area (Å²) in [5, 5.41) is 2.84. The number of hydrogen-bond donors (Lipinski definition) is 1. The van der Waals surface area contributed by atoms with E-state index in [0.29, 0.717) is 24.4 Å². The van der Waals surface area contributed by atoms with Gasteiger partial charge in [0, 0.05) is 31.4 Å². The molecule has 3 amide bonds. The van der Waals surface area contributed by atoms with Crippen LogP contribution in [0.1, 0.15) is 28.8 Å². The second-order valence-electron chi connectivity index (χ2n) is 7.09. The molecule has 0 radical (unpaired) electrons. The van der Waals surface area contributed by atoms with Gasteiger partial charge < -0.3 is 19.9 Å². The fourth-order valence-electron chi connectivity index (χ4n) is 3.05. The minimum absolute atomic E-state index is 0.0562. The third-order valence-corrected chi connectivity index (χ3v) is 4.84.